The van der Waals surface area contributed by atoms with Crippen molar-refractivity contribution in [1.82, 2.24) is 10.6 Å². The van der Waals surface area contributed by atoms with Gasteiger partial charge in [0.2, 0.25) is 0 Å². The molecule has 1 atom stereocenters. The first kappa shape index (κ1) is 13.9. The van der Waals surface area contributed by atoms with Gasteiger partial charge in [0, 0.05) is 12.6 Å². The van der Waals surface area contributed by atoms with Crippen LogP contribution in [0.2, 0.25) is 0 Å². The summed E-state index contributed by atoms with van der Waals surface area (Å²) in [5.41, 5.74) is -0.474. The van der Waals surface area contributed by atoms with Crippen molar-refractivity contribution < 1.29 is 18.0 Å². The molecule has 1 amide bonds. The van der Waals surface area contributed by atoms with Gasteiger partial charge in [-0.25, -0.2) is 13.2 Å². The fourth-order valence-corrected chi connectivity index (χ4v) is 2.16. The molecule has 1 fully saturated rings. The van der Waals surface area contributed by atoms with Crippen LogP contribution in [0, 0.1) is 17.5 Å². The highest BCUT2D eigenvalue weighted by Crippen LogP contribution is 2.15. The van der Waals surface area contributed by atoms with Crippen LogP contribution in [0.15, 0.2) is 12.1 Å². The van der Waals surface area contributed by atoms with E-state index in [-0.39, 0.29) is 0 Å². The summed E-state index contributed by atoms with van der Waals surface area (Å²) in [6, 6.07) is 2.04. The molecule has 0 spiro atoms. The highest BCUT2D eigenvalue weighted by Gasteiger charge is 2.19. The molecule has 1 aromatic rings. The predicted octanol–water partition coefficient (Wildman–Crippen LogP) is 1.98. The molecule has 19 heavy (non-hydrogen) atoms. The second-order valence-electron chi connectivity index (χ2n) is 4.56. The maximum atomic E-state index is 13.4. The van der Waals surface area contributed by atoms with Gasteiger partial charge < -0.3 is 10.6 Å². The Hall–Kier alpha value is -1.56. The van der Waals surface area contributed by atoms with Gasteiger partial charge in [0.15, 0.2) is 17.5 Å². The molecule has 3 nitrogen and oxygen atoms in total. The second kappa shape index (κ2) is 6.06. The zero-order valence-electron chi connectivity index (χ0n) is 10.3. The molecule has 0 bridgehead atoms. The van der Waals surface area contributed by atoms with Crippen LogP contribution in [0.5, 0.6) is 0 Å². The number of amides is 1. The number of rotatable bonds is 4. The fraction of sp³-hybridized carbons (Fsp3) is 0.462. The third-order valence-electron chi connectivity index (χ3n) is 3.22. The van der Waals surface area contributed by atoms with Gasteiger partial charge in [0.1, 0.15) is 0 Å². The van der Waals surface area contributed by atoms with Crippen LogP contribution >= 0.6 is 0 Å². The smallest absolute Gasteiger partial charge is 0.254 e. The van der Waals surface area contributed by atoms with E-state index in [1.54, 1.807) is 0 Å². The molecule has 0 radical (unpaired) electrons. The zero-order valence-corrected chi connectivity index (χ0v) is 10.3. The molecule has 0 aliphatic carbocycles. The number of halogens is 3. The summed E-state index contributed by atoms with van der Waals surface area (Å²) in [5.74, 6) is -5.10. The Labute approximate surface area is 109 Å². The zero-order chi connectivity index (χ0) is 13.8. The number of hydrogen-bond donors (Lipinski definition) is 2. The standard InChI is InChI=1S/C13H15F3N2O/c14-10-4-3-9(11(15)12(10)16)13(19)18-7-5-8-2-1-6-17-8/h3-4,8,17H,1-2,5-7H2,(H,18,19). The lowest BCUT2D eigenvalue weighted by molar-refractivity contribution is 0.0947. The van der Waals surface area contributed by atoms with Crippen LogP contribution in [-0.2, 0) is 0 Å². The molecule has 1 saturated heterocycles. The summed E-state index contributed by atoms with van der Waals surface area (Å²) in [4.78, 5) is 11.6. The first-order valence-corrected chi connectivity index (χ1v) is 6.24. The number of nitrogens with one attached hydrogen (secondary N) is 2. The van der Waals surface area contributed by atoms with Gasteiger partial charge in [-0.15, -0.1) is 0 Å². The molecule has 6 heteroatoms. The fourth-order valence-electron chi connectivity index (χ4n) is 2.16. The summed E-state index contributed by atoms with van der Waals surface area (Å²) < 4.78 is 39.1. The maximum Gasteiger partial charge on any atom is 0.254 e. The summed E-state index contributed by atoms with van der Waals surface area (Å²) in [5, 5.41) is 5.77. The topological polar surface area (TPSA) is 41.1 Å². The van der Waals surface area contributed by atoms with E-state index in [4.69, 9.17) is 0 Å². The van der Waals surface area contributed by atoms with Crippen LogP contribution in [0.4, 0.5) is 13.2 Å². The van der Waals surface area contributed by atoms with Crippen molar-refractivity contribution in [3.63, 3.8) is 0 Å². The lowest BCUT2D eigenvalue weighted by atomic mass is 10.1. The number of benzene rings is 1. The molecule has 0 aromatic heterocycles. The highest BCUT2D eigenvalue weighted by atomic mass is 19.2. The lowest BCUT2D eigenvalue weighted by Gasteiger charge is -2.11. The molecule has 2 N–H and O–H groups in total. The maximum absolute atomic E-state index is 13.4. The van der Waals surface area contributed by atoms with Gasteiger partial charge in [-0.1, -0.05) is 0 Å². The first-order valence-electron chi connectivity index (χ1n) is 6.24. The van der Waals surface area contributed by atoms with Gasteiger partial charge in [0.05, 0.1) is 5.56 Å². The minimum absolute atomic E-state index is 0.357. The Morgan fingerprint density at radius 3 is 2.79 bits per heavy atom. The molecule has 1 heterocycles. The van der Waals surface area contributed by atoms with Crippen LogP contribution in [0.1, 0.15) is 29.6 Å². The van der Waals surface area contributed by atoms with Crippen LogP contribution in [0.25, 0.3) is 0 Å². The number of carbonyl (C=O) groups is 1. The Bertz CT molecular complexity index is 473. The van der Waals surface area contributed by atoms with E-state index in [1.807, 2.05) is 0 Å². The van der Waals surface area contributed by atoms with Crippen molar-refractivity contribution in [3.8, 4) is 0 Å². The average Bonchev–Trinajstić information content (AvgIpc) is 2.89. The first-order chi connectivity index (χ1) is 9.09. The van der Waals surface area contributed by atoms with Crippen LogP contribution < -0.4 is 10.6 Å². The molecule has 1 aromatic carbocycles. The van der Waals surface area contributed by atoms with Crippen molar-refractivity contribution in [2.45, 2.75) is 25.3 Å². The molecule has 1 aliphatic rings. The summed E-state index contributed by atoms with van der Waals surface area (Å²) >= 11 is 0. The minimum Gasteiger partial charge on any atom is -0.352 e. The van der Waals surface area contributed by atoms with Crippen molar-refractivity contribution in [2.24, 2.45) is 0 Å². The number of hydrogen-bond acceptors (Lipinski definition) is 2. The van der Waals surface area contributed by atoms with Crippen LogP contribution in [0.3, 0.4) is 0 Å². The molecule has 104 valence electrons. The van der Waals surface area contributed by atoms with E-state index >= 15 is 0 Å². The summed E-state index contributed by atoms with van der Waals surface area (Å²) in [6.45, 7) is 1.34. The number of carbonyl (C=O) groups excluding carboxylic acids is 1. The largest absolute Gasteiger partial charge is 0.352 e. The Balaban J connectivity index is 1.90. The third-order valence-corrected chi connectivity index (χ3v) is 3.22. The summed E-state index contributed by atoms with van der Waals surface area (Å²) in [6.07, 6.45) is 2.89. The molecular weight excluding hydrogens is 257 g/mol. The predicted molar refractivity (Wildman–Crippen MR) is 64.3 cm³/mol. The Morgan fingerprint density at radius 1 is 1.32 bits per heavy atom. The van der Waals surface area contributed by atoms with E-state index in [9.17, 15) is 18.0 Å². The van der Waals surface area contributed by atoms with Crippen molar-refractivity contribution in [2.75, 3.05) is 13.1 Å². The van der Waals surface area contributed by atoms with E-state index in [0.717, 1.165) is 37.9 Å². The highest BCUT2D eigenvalue weighted by molar-refractivity contribution is 5.94. The molecule has 1 unspecified atom stereocenters. The van der Waals surface area contributed by atoms with E-state index in [0.29, 0.717) is 12.6 Å². The molecule has 1 aliphatic heterocycles. The Morgan fingerprint density at radius 2 is 2.11 bits per heavy atom. The van der Waals surface area contributed by atoms with Crippen molar-refractivity contribution in [3.05, 3.63) is 35.1 Å². The van der Waals surface area contributed by atoms with Crippen molar-refractivity contribution >= 4 is 5.91 Å². The van der Waals surface area contributed by atoms with Gasteiger partial charge in [-0.3, -0.25) is 4.79 Å². The normalized spacial score (nSPS) is 18.6. The SMILES string of the molecule is O=C(NCCC1CCCN1)c1ccc(F)c(F)c1F. The van der Waals surface area contributed by atoms with Gasteiger partial charge in [-0.05, 0) is 37.9 Å². The second-order valence-corrected chi connectivity index (χ2v) is 4.56. The van der Waals surface area contributed by atoms with E-state index in [2.05, 4.69) is 10.6 Å². The Kier molecular flexibility index (Phi) is 4.42. The van der Waals surface area contributed by atoms with E-state index < -0.39 is 28.9 Å². The molecular formula is C13H15F3N2O. The average molecular weight is 272 g/mol. The molecule has 0 saturated carbocycles. The third kappa shape index (κ3) is 3.26. The lowest BCUT2D eigenvalue weighted by Crippen LogP contribution is -2.31. The van der Waals surface area contributed by atoms with Gasteiger partial charge >= 0.3 is 0 Å². The quantitative estimate of drug-likeness (QED) is 0.823. The van der Waals surface area contributed by atoms with E-state index in [1.165, 1.54) is 0 Å². The van der Waals surface area contributed by atoms with Crippen molar-refractivity contribution in [1.29, 1.82) is 0 Å². The van der Waals surface area contributed by atoms with Crippen LogP contribution in [-0.4, -0.2) is 25.0 Å². The van der Waals surface area contributed by atoms with Gasteiger partial charge in [0.25, 0.3) is 5.91 Å². The monoisotopic (exact) mass is 272 g/mol. The van der Waals surface area contributed by atoms with Gasteiger partial charge in [-0.2, -0.15) is 0 Å². The summed E-state index contributed by atoms with van der Waals surface area (Å²) in [7, 11) is 0. The minimum atomic E-state index is -1.62. The molecule has 2 rings (SSSR count).